The Bertz CT molecular complexity index is 1070. The summed E-state index contributed by atoms with van der Waals surface area (Å²) in [5, 5.41) is 1.68. The van der Waals surface area contributed by atoms with Gasteiger partial charge >= 0.3 is 6.18 Å². The van der Waals surface area contributed by atoms with Gasteiger partial charge in [0.2, 0.25) is 5.91 Å². The van der Waals surface area contributed by atoms with E-state index in [1.807, 2.05) is 0 Å². The molecule has 178 valence electrons. The minimum atomic E-state index is -4.51. The van der Waals surface area contributed by atoms with E-state index in [0.717, 1.165) is 48.4 Å². The van der Waals surface area contributed by atoms with Crippen LogP contribution in [0.1, 0.15) is 31.2 Å². The van der Waals surface area contributed by atoms with Gasteiger partial charge in [-0.25, -0.2) is 13.8 Å². The lowest BCUT2D eigenvalue weighted by molar-refractivity contribution is -0.137. The summed E-state index contributed by atoms with van der Waals surface area (Å²) in [6, 6.07) is 7.22. The number of halogens is 6. The van der Waals surface area contributed by atoms with Crippen molar-refractivity contribution in [2.45, 2.75) is 31.9 Å². The topological polar surface area (TPSA) is 59.2 Å². The van der Waals surface area contributed by atoms with Crippen molar-refractivity contribution in [3.63, 3.8) is 0 Å². The zero-order valence-corrected chi connectivity index (χ0v) is 18.9. The second-order valence-electron chi connectivity index (χ2n) is 7.01. The van der Waals surface area contributed by atoms with Gasteiger partial charge in [-0.2, -0.15) is 13.2 Å². The number of benzene rings is 2. The van der Waals surface area contributed by atoms with E-state index < -0.39 is 23.4 Å². The van der Waals surface area contributed by atoms with Crippen molar-refractivity contribution >= 4 is 40.5 Å². The molecule has 1 aromatic heterocycles. The Hall–Kier alpha value is -2.56. The van der Waals surface area contributed by atoms with Gasteiger partial charge in [0.15, 0.2) is 5.13 Å². The Morgan fingerprint density at radius 2 is 1.73 bits per heavy atom. The highest BCUT2D eigenvalue weighted by Gasteiger charge is 2.31. The number of aromatic nitrogens is 1. The predicted octanol–water partition coefficient (Wildman–Crippen LogP) is 6.71. The molecule has 11 heteroatoms. The van der Waals surface area contributed by atoms with E-state index in [1.54, 1.807) is 0 Å². The lowest BCUT2D eigenvalue weighted by Gasteiger charge is -2.21. The number of thiazole rings is 1. The molecule has 0 saturated carbocycles. The maximum atomic E-state index is 14.2. The van der Waals surface area contributed by atoms with Gasteiger partial charge in [-0.3, -0.25) is 9.69 Å². The van der Waals surface area contributed by atoms with Crippen molar-refractivity contribution in [3.05, 3.63) is 65.0 Å². The first-order chi connectivity index (χ1) is 15.2. The van der Waals surface area contributed by atoms with Gasteiger partial charge in [-0.15, -0.1) is 23.7 Å². The van der Waals surface area contributed by atoms with Crippen molar-refractivity contribution in [1.29, 1.82) is 0 Å². The molecule has 0 saturated heterocycles. The third-order valence-corrected chi connectivity index (χ3v) is 5.51. The molecule has 33 heavy (non-hydrogen) atoms. The van der Waals surface area contributed by atoms with E-state index in [9.17, 15) is 26.7 Å². The second kappa shape index (κ2) is 11.5. The van der Waals surface area contributed by atoms with Crippen LogP contribution in [-0.2, 0) is 11.0 Å². The third kappa shape index (κ3) is 6.72. The molecule has 0 aliphatic heterocycles. The zero-order valence-electron chi connectivity index (χ0n) is 17.2. The van der Waals surface area contributed by atoms with Crippen molar-refractivity contribution in [1.82, 2.24) is 4.98 Å². The van der Waals surface area contributed by atoms with Crippen molar-refractivity contribution < 1.29 is 26.7 Å². The van der Waals surface area contributed by atoms with Crippen LogP contribution < -0.4 is 10.6 Å². The Labute approximate surface area is 197 Å². The normalized spacial score (nSPS) is 11.2. The molecule has 0 atom stereocenters. The number of carbonyl (C=O) groups excluding carboxylic acids is 1. The number of hydrogen-bond acceptors (Lipinski definition) is 4. The Kier molecular flexibility index (Phi) is 9.33. The van der Waals surface area contributed by atoms with Gasteiger partial charge in [0.05, 0.1) is 16.9 Å². The summed E-state index contributed by atoms with van der Waals surface area (Å²) in [5.74, 6) is -1.90. The van der Waals surface area contributed by atoms with Gasteiger partial charge in [-0.1, -0.05) is 6.42 Å². The number of nitrogens with zero attached hydrogens (tertiary/aromatic N) is 2. The molecule has 0 bridgehead atoms. The molecule has 0 aliphatic rings. The number of nitrogens with two attached hydrogens (primary N) is 1. The minimum Gasteiger partial charge on any atom is -0.330 e. The number of carbonyl (C=O) groups is 1. The van der Waals surface area contributed by atoms with E-state index >= 15 is 0 Å². The minimum absolute atomic E-state index is 0. The van der Waals surface area contributed by atoms with Crippen LogP contribution in [0.15, 0.2) is 47.8 Å². The fourth-order valence-corrected chi connectivity index (χ4v) is 3.92. The quantitative estimate of drug-likeness (QED) is 0.273. The smallest absolute Gasteiger partial charge is 0.330 e. The molecule has 0 unspecified atom stereocenters. The largest absolute Gasteiger partial charge is 0.416 e. The first-order valence-corrected chi connectivity index (χ1v) is 10.7. The number of hydrogen-bond donors (Lipinski definition) is 1. The van der Waals surface area contributed by atoms with Crippen LogP contribution in [0.2, 0.25) is 0 Å². The average Bonchev–Trinajstić information content (AvgIpc) is 3.20. The first-order valence-electron chi connectivity index (χ1n) is 9.82. The van der Waals surface area contributed by atoms with Gasteiger partial charge in [0.1, 0.15) is 11.6 Å². The van der Waals surface area contributed by atoms with Crippen LogP contribution >= 0.6 is 23.7 Å². The Morgan fingerprint density at radius 1 is 1.03 bits per heavy atom. The van der Waals surface area contributed by atoms with Crippen LogP contribution in [0.25, 0.3) is 11.3 Å². The first kappa shape index (κ1) is 26.7. The van der Waals surface area contributed by atoms with E-state index in [1.165, 1.54) is 28.5 Å². The second-order valence-corrected chi connectivity index (χ2v) is 7.85. The molecular formula is C22H21ClF5N3OS. The lowest BCUT2D eigenvalue weighted by Crippen LogP contribution is -2.25. The van der Waals surface area contributed by atoms with E-state index in [-0.39, 0.29) is 46.8 Å². The molecule has 3 aromatic rings. The maximum absolute atomic E-state index is 14.2. The maximum Gasteiger partial charge on any atom is 0.416 e. The molecule has 0 aliphatic carbocycles. The SMILES string of the molecule is Cl.NCCCCCC(=O)N(c1ccc(C(F)(F)F)cc1)c1nc(-c2ccc(F)cc2F)cs1. The van der Waals surface area contributed by atoms with Crippen LogP contribution in [-0.4, -0.2) is 17.4 Å². The van der Waals surface area contributed by atoms with Gasteiger partial charge in [-0.05, 0) is 55.8 Å². The van der Waals surface area contributed by atoms with Crippen molar-refractivity contribution in [2.75, 3.05) is 11.4 Å². The number of anilines is 2. The number of amides is 1. The molecule has 2 N–H and O–H groups in total. The van der Waals surface area contributed by atoms with E-state index in [0.29, 0.717) is 13.0 Å². The Balaban J connectivity index is 0.00000385. The average molecular weight is 506 g/mol. The van der Waals surface area contributed by atoms with Gasteiger partial charge in [0.25, 0.3) is 0 Å². The number of unbranched alkanes of at least 4 members (excludes halogenated alkanes) is 2. The highest BCUT2D eigenvalue weighted by Crippen LogP contribution is 2.36. The molecule has 4 nitrogen and oxygen atoms in total. The highest BCUT2D eigenvalue weighted by molar-refractivity contribution is 7.14. The van der Waals surface area contributed by atoms with Crippen LogP contribution in [0.4, 0.5) is 32.8 Å². The van der Waals surface area contributed by atoms with Crippen molar-refractivity contribution in [3.8, 4) is 11.3 Å². The lowest BCUT2D eigenvalue weighted by atomic mass is 10.1. The van der Waals surface area contributed by atoms with E-state index in [4.69, 9.17) is 5.73 Å². The van der Waals surface area contributed by atoms with E-state index in [2.05, 4.69) is 4.98 Å². The summed E-state index contributed by atoms with van der Waals surface area (Å²) in [6.07, 6.45) is -2.34. The predicted molar refractivity (Wildman–Crippen MR) is 121 cm³/mol. The van der Waals surface area contributed by atoms with Gasteiger partial charge in [0, 0.05) is 23.4 Å². The zero-order chi connectivity index (χ0) is 23.3. The fourth-order valence-electron chi connectivity index (χ4n) is 3.06. The summed E-state index contributed by atoms with van der Waals surface area (Å²) in [5.41, 5.74) is 5.08. The summed E-state index contributed by atoms with van der Waals surface area (Å²) in [4.78, 5) is 18.5. The molecule has 0 fully saturated rings. The van der Waals surface area contributed by atoms with Crippen LogP contribution in [0.3, 0.4) is 0 Å². The van der Waals surface area contributed by atoms with Crippen LogP contribution in [0.5, 0.6) is 0 Å². The third-order valence-electron chi connectivity index (χ3n) is 4.69. The summed E-state index contributed by atoms with van der Waals surface area (Å²) >= 11 is 1.03. The fraction of sp³-hybridized carbons (Fsp3) is 0.273. The number of rotatable bonds is 8. The summed E-state index contributed by atoms with van der Waals surface area (Å²) < 4.78 is 66.2. The van der Waals surface area contributed by atoms with Crippen molar-refractivity contribution in [2.24, 2.45) is 5.73 Å². The molecule has 1 amide bonds. The molecule has 1 heterocycles. The molecular weight excluding hydrogens is 485 g/mol. The molecule has 3 rings (SSSR count). The standard InChI is InChI=1S/C22H20F5N3OS.ClH/c23-15-7-10-17(18(24)12-15)19-13-32-21(29-19)30(20(31)4-2-1-3-11-28)16-8-5-14(6-9-16)22(25,26)27;/h5-10,12-13H,1-4,11,28H2;1H. The molecule has 2 aromatic carbocycles. The molecule has 0 spiro atoms. The van der Waals surface area contributed by atoms with Crippen LogP contribution in [0, 0.1) is 11.6 Å². The summed E-state index contributed by atoms with van der Waals surface area (Å²) in [7, 11) is 0. The summed E-state index contributed by atoms with van der Waals surface area (Å²) in [6.45, 7) is 0.496. The van der Waals surface area contributed by atoms with Gasteiger partial charge < -0.3 is 5.73 Å². The molecule has 0 radical (unpaired) electrons. The Morgan fingerprint density at radius 3 is 2.33 bits per heavy atom. The number of alkyl halides is 3. The monoisotopic (exact) mass is 505 g/mol. The highest BCUT2D eigenvalue weighted by atomic mass is 35.5.